The molecule has 0 spiro atoms. The van der Waals surface area contributed by atoms with Crippen LogP contribution in [0.25, 0.3) is 0 Å². The number of aromatic nitrogens is 1. The molecule has 126 valence electrons. The Balaban J connectivity index is 0.00000441. The monoisotopic (exact) mass is 422 g/mol. The third-order valence-corrected chi connectivity index (χ3v) is 3.20. The smallest absolute Gasteiger partial charge is 0.191 e. The Labute approximate surface area is 150 Å². The fourth-order valence-corrected chi connectivity index (χ4v) is 2.14. The third-order valence-electron chi connectivity index (χ3n) is 3.20. The zero-order valence-electron chi connectivity index (χ0n) is 14.2. The van der Waals surface area contributed by atoms with Crippen LogP contribution in [0.15, 0.2) is 11.2 Å². The van der Waals surface area contributed by atoms with E-state index in [2.05, 4.69) is 20.6 Å². The number of rotatable bonds is 6. The highest BCUT2D eigenvalue weighted by atomic mass is 127. The van der Waals surface area contributed by atoms with Gasteiger partial charge in [0.2, 0.25) is 0 Å². The molecule has 7 heteroatoms. The lowest BCUT2D eigenvalue weighted by atomic mass is 10.1. The van der Waals surface area contributed by atoms with Gasteiger partial charge in [0.15, 0.2) is 5.96 Å². The zero-order chi connectivity index (χ0) is 15.8. The molecule has 0 fully saturated rings. The number of pyridine rings is 1. The average Bonchev–Trinajstić information content (AvgIpc) is 2.45. The predicted molar refractivity (Wildman–Crippen MR) is 100 cm³/mol. The van der Waals surface area contributed by atoms with Gasteiger partial charge in [0.25, 0.3) is 0 Å². The molecule has 0 aliphatic heterocycles. The van der Waals surface area contributed by atoms with Gasteiger partial charge in [-0.2, -0.15) is 0 Å². The summed E-state index contributed by atoms with van der Waals surface area (Å²) in [6.07, 6.45) is 1.83. The molecule has 1 heterocycles. The Bertz CT molecular complexity index is 495. The van der Waals surface area contributed by atoms with E-state index in [9.17, 15) is 0 Å². The van der Waals surface area contributed by atoms with E-state index in [1.807, 2.05) is 27.0 Å². The number of aryl methyl sites for hydroxylation is 1. The second-order valence-corrected chi connectivity index (χ2v) is 4.97. The molecule has 0 aromatic carbocycles. The van der Waals surface area contributed by atoms with Gasteiger partial charge < -0.3 is 20.1 Å². The van der Waals surface area contributed by atoms with Crippen LogP contribution in [0, 0.1) is 13.8 Å². The van der Waals surface area contributed by atoms with Crippen molar-refractivity contribution < 1.29 is 9.47 Å². The molecule has 0 amide bonds. The number of methoxy groups -OCH3 is 2. The van der Waals surface area contributed by atoms with Crippen LogP contribution < -0.4 is 15.4 Å². The Kier molecular flexibility index (Phi) is 10.1. The fraction of sp³-hybridized carbons (Fsp3) is 0.600. The number of guanidine groups is 1. The number of hydrogen-bond acceptors (Lipinski definition) is 4. The molecule has 1 aromatic heterocycles. The summed E-state index contributed by atoms with van der Waals surface area (Å²) in [6, 6.07) is 0.183. The minimum Gasteiger partial charge on any atom is -0.496 e. The van der Waals surface area contributed by atoms with Crippen molar-refractivity contribution >= 4 is 29.9 Å². The number of aliphatic imine (C=N–C) groups is 1. The first-order valence-electron chi connectivity index (χ1n) is 6.98. The summed E-state index contributed by atoms with van der Waals surface area (Å²) in [6.45, 7) is 7.25. The van der Waals surface area contributed by atoms with Gasteiger partial charge >= 0.3 is 0 Å². The number of nitrogens with zero attached hydrogens (tertiary/aromatic N) is 2. The van der Waals surface area contributed by atoms with E-state index in [1.54, 1.807) is 21.3 Å². The van der Waals surface area contributed by atoms with Crippen molar-refractivity contribution in [1.82, 2.24) is 15.6 Å². The van der Waals surface area contributed by atoms with Crippen molar-refractivity contribution in [2.45, 2.75) is 33.4 Å². The summed E-state index contributed by atoms with van der Waals surface area (Å²) in [4.78, 5) is 8.65. The van der Waals surface area contributed by atoms with Gasteiger partial charge in [-0.1, -0.05) is 0 Å². The molecule has 0 radical (unpaired) electrons. The third kappa shape index (κ3) is 5.96. The fourth-order valence-electron chi connectivity index (χ4n) is 2.14. The maximum absolute atomic E-state index is 5.42. The molecule has 2 N–H and O–H groups in total. The van der Waals surface area contributed by atoms with E-state index in [4.69, 9.17) is 9.47 Å². The second-order valence-electron chi connectivity index (χ2n) is 4.97. The standard InChI is InChI=1S/C15H26N4O2.HI/c1-10-7-17-13(12(3)14(10)21-6)8-18-15(16-4)19-11(2)9-20-5;/h7,11H,8-9H2,1-6H3,(H2,16,18,19);1H. The van der Waals surface area contributed by atoms with Gasteiger partial charge in [-0.15, -0.1) is 24.0 Å². The van der Waals surface area contributed by atoms with Gasteiger partial charge in [0, 0.05) is 37.5 Å². The van der Waals surface area contributed by atoms with Crippen LogP contribution >= 0.6 is 24.0 Å². The van der Waals surface area contributed by atoms with Crippen LogP contribution in [0.3, 0.4) is 0 Å². The van der Waals surface area contributed by atoms with Crippen molar-refractivity contribution in [1.29, 1.82) is 0 Å². The minimum absolute atomic E-state index is 0. The Hall–Kier alpha value is -1.09. The molecule has 0 saturated heterocycles. The Morgan fingerprint density at radius 1 is 1.36 bits per heavy atom. The zero-order valence-corrected chi connectivity index (χ0v) is 16.5. The van der Waals surface area contributed by atoms with Gasteiger partial charge in [-0.25, -0.2) is 0 Å². The first-order chi connectivity index (χ1) is 10.0. The van der Waals surface area contributed by atoms with Gasteiger partial charge in [-0.05, 0) is 20.8 Å². The maximum atomic E-state index is 5.42. The minimum atomic E-state index is 0. The van der Waals surface area contributed by atoms with Crippen molar-refractivity contribution in [3.63, 3.8) is 0 Å². The van der Waals surface area contributed by atoms with Crippen molar-refractivity contribution in [2.24, 2.45) is 4.99 Å². The number of ether oxygens (including phenoxy) is 2. The van der Waals surface area contributed by atoms with E-state index in [0.717, 1.165) is 28.5 Å². The summed E-state index contributed by atoms with van der Waals surface area (Å²) < 4.78 is 10.5. The molecule has 0 aliphatic rings. The Morgan fingerprint density at radius 3 is 2.59 bits per heavy atom. The molecule has 22 heavy (non-hydrogen) atoms. The van der Waals surface area contributed by atoms with Gasteiger partial charge in [-0.3, -0.25) is 9.98 Å². The van der Waals surface area contributed by atoms with E-state index in [-0.39, 0.29) is 30.0 Å². The van der Waals surface area contributed by atoms with Gasteiger partial charge in [0.1, 0.15) is 5.75 Å². The van der Waals surface area contributed by atoms with Crippen LogP contribution in [0.2, 0.25) is 0 Å². The summed E-state index contributed by atoms with van der Waals surface area (Å²) in [5.74, 6) is 1.61. The lowest BCUT2D eigenvalue weighted by Crippen LogP contribution is -2.43. The highest BCUT2D eigenvalue weighted by Gasteiger charge is 2.10. The highest BCUT2D eigenvalue weighted by Crippen LogP contribution is 2.23. The van der Waals surface area contributed by atoms with E-state index in [0.29, 0.717) is 13.2 Å². The summed E-state index contributed by atoms with van der Waals surface area (Å²) in [7, 11) is 5.10. The first-order valence-corrected chi connectivity index (χ1v) is 6.98. The number of hydrogen-bond donors (Lipinski definition) is 2. The topological polar surface area (TPSA) is 67.8 Å². The number of halogens is 1. The van der Waals surface area contributed by atoms with Crippen LogP contribution in [-0.2, 0) is 11.3 Å². The van der Waals surface area contributed by atoms with E-state index < -0.39 is 0 Å². The SMILES string of the molecule is CN=C(NCc1ncc(C)c(OC)c1C)NC(C)COC.I. The molecule has 1 atom stereocenters. The van der Waals surface area contributed by atoms with Crippen molar-refractivity contribution in [3.8, 4) is 5.75 Å². The Morgan fingerprint density at radius 2 is 2.05 bits per heavy atom. The normalized spacial score (nSPS) is 12.4. The van der Waals surface area contributed by atoms with Crippen LogP contribution in [0.1, 0.15) is 23.7 Å². The number of nitrogens with one attached hydrogen (secondary N) is 2. The summed E-state index contributed by atoms with van der Waals surface area (Å²) >= 11 is 0. The molecular formula is C15H27IN4O2. The van der Waals surface area contributed by atoms with E-state index >= 15 is 0 Å². The predicted octanol–water partition coefficient (Wildman–Crippen LogP) is 2.02. The molecule has 0 saturated carbocycles. The van der Waals surface area contributed by atoms with Gasteiger partial charge in [0.05, 0.1) is 26.0 Å². The molecule has 0 aliphatic carbocycles. The molecular weight excluding hydrogens is 395 g/mol. The quantitative estimate of drug-likeness (QED) is 0.417. The molecule has 1 unspecified atom stereocenters. The van der Waals surface area contributed by atoms with E-state index in [1.165, 1.54) is 0 Å². The first kappa shape index (κ1) is 20.9. The molecule has 0 bridgehead atoms. The summed E-state index contributed by atoms with van der Waals surface area (Å²) in [5.41, 5.74) is 3.03. The van der Waals surface area contributed by atoms with Crippen molar-refractivity contribution in [2.75, 3.05) is 27.9 Å². The van der Waals surface area contributed by atoms with Crippen LogP contribution in [0.4, 0.5) is 0 Å². The largest absolute Gasteiger partial charge is 0.496 e. The molecule has 6 nitrogen and oxygen atoms in total. The van der Waals surface area contributed by atoms with Crippen LogP contribution in [-0.4, -0.2) is 44.9 Å². The van der Waals surface area contributed by atoms with Crippen LogP contribution in [0.5, 0.6) is 5.75 Å². The maximum Gasteiger partial charge on any atom is 0.191 e. The van der Waals surface area contributed by atoms with Crippen molar-refractivity contribution in [3.05, 3.63) is 23.0 Å². The average molecular weight is 422 g/mol. The highest BCUT2D eigenvalue weighted by molar-refractivity contribution is 14.0. The summed E-state index contributed by atoms with van der Waals surface area (Å²) in [5, 5.41) is 6.50. The lowest BCUT2D eigenvalue weighted by Gasteiger charge is -2.18. The molecule has 1 aromatic rings. The molecule has 1 rings (SSSR count). The lowest BCUT2D eigenvalue weighted by molar-refractivity contribution is 0.179. The second kappa shape index (κ2) is 10.6.